The van der Waals surface area contributed by atoms with Gasteiger partial charge < -0.3 is 24.6 Å². The lowest BCUT2D eigenvalue weighted by Gasteiger charge is -2.29. The summed E-state index contributed by atoms with van der Waals surface area (Å²) in [6, 6.07) is 0. The molecule has 1 saturated heterocycles. The number of nitrogens with zero attached hydrogens (tertiary/aromatic N) is 1. The molecule has 0 radical (unpaired) electrons. The zero-order valence-corrected chi connectivity index (χ0v) is 39.9. The summed E-state index contributed by atoms with van der Waals surface area (Å²) in [5.41, 5.74) is 0. The molecule has 2 N–H and O–H groups in total. The van der Waals surface area contributed by atoms with Gasteiger partial charge in [-0.3, -0.25) is 9.59 Å². The van der Waals surface area contributed by atoms with Crippen LogP contribution in [0.4, 0.5) is 0 Å². The fourth-order valence-corrected chi connectivity index (χ4v) is 8.92. The Morgan fingerprint density at radius 2 is 0.776 bits per heavy atom. The Hall–Kier alpha value is -1.18. The van der Waals surface area contributed by atoms with E-state index in [-0.39, 0.29) is 24.8 Å². The molecule has 0 aromatic heterocycles. The molecule has 1 aliphatic heterocycles. The van der Waals surface area contributed by atoms with Crippen LogP contribution in [-0.2, 0) is 19.1 Å². The molecule has 1 unspecified atom stereocenters. The van der Waals surface area contributed by atoms with Crippen LogP contribution in [0.5, 0.6) is 0 Å². The average Bonchev–Trinajstić information content (AvgIpc) is 3.61. The second-order valence-electron chi connectivity index (χ2n) is 18.2. The standard InChI is InChI=1S/C49H99NO2.2CH2O2/c1-7-11-27-35-46(36-28-12-8-2)39-31-23-19-15-17-21-25-33-42-49(51-45-48(52-49)41-44-50(5)6)43-34-26-22-18-16-20-24-32-40-47(37-29-13-9-3)38-30-14-10-4;2*2-1-3/h46-48H,7-45H2,1-6H3;2*1H,(H,2,3). The average molecular weight is 826 g/mol. The first-order valence-electron chi connectivity index (χ1n) is 25.4. The van der Waals surface area contributed by atoms with E-state index in [4.69, 9.17) is 29.3 Å². The third-order valence-corrected chi connectivity index (χ3v) is 12.5. The summed E-state index contributed by atoms with van der Waals surface area (Å²) in [7, 11) is 4.34. The molecule has 7 nitrogen and oxygen atoms in total. The highest BCUT2D eigenvalue weighted by Gasteiger charge is 2.40. The molecule has 58 heavy (non-hydrogen) atoms. The van der Waals surface area contributed by atoms with E-state index in [2.05, 4.69) is 46.7 Å². The van der Waals surface area contributed by atoms with Crippen LogP contribution in [0, 0.1) is 11.8 Å². The van der Waals surface area contributed by atoms with Crippen molar-refractivity contribution < 1.29 is 29.3 Å². The Bertz CT molecular complexity index is 740. The fourth-order valence-electron chi connectivity index (χ4n) is 8.92. The van der Waals surface area contributed by atoms with Crippen LogP contribution in [0.1, 0.15) is 265 Å². The van der Waals surface area contributed by atoms with Crippen LogP contribution >= 0.6 is 0 Å². The van der Waals surface area contributed by atoms with Crippen molar-refractivity contribution in [2.24, 2.45) is 11.8 Å². The molecule has 7 heteroatoms. The van der Waals surface area contributed by atoms with Crippen LogP contribution < -0.4 is 0 Å². The van der Waals surface area contributed by atoms with E-state index in [9.17, 15) is 0 Å². The lowest BCUT2D eigenvalue weighted by atomic mass is 9.90. The number of ether oxygens (including phenoxy) is 2. The Morgan fingerprint density at radius 3 is 1.07 bits per heavy atom. The monoisotopic (exact) mass is 826 g/mol. The summed E-state index contributed by atoms with van der Waals surface area (Å²) in [5, 5.41) is 13.8. The molecular formula is C51H103NO6. The highest BCUT2D eigenvalue weighted by atomic mass is 16.7. The third kappa shape index (κ3) is 40.2. The summed E-state index contributed by atoms with van der Waals surface area (Å²) in [6.07, 6.45) is 51.9. The molecule has 1 atom stereocenters. The number of carboxylic acid groups (broad SMARTS) is 2. The van der Waals surface area contributed by atoms with Crippen molar-refractivity contribution in [3.05, 3.63) is 0 Å². The quantitative estimate of drug-likeness (QED) is 0.0468. The van der Waals surface area contributed by atoms with Gasteiger partial charge in [-0.15, -0.1) is 0 Å². The molecule has 348 valence electrons. The molecule has 1 fully saturated rings. The highest BCUT2D eigenvalue weighted by Crippen LogP contribution is 2.36. The smallest absolute Gasteiger partial charge is 0.290 e. The van der Waals surface area contributed by atoms with Crippen molar-refractivity contribution in [1.29, 1.82) is 0 Å². The Kier molecular flexibility index (Phi) is 47.6. The summed E-state index contributed by atoms with van der Waals surface area (Å²) >= 11 is 0. The summed E-state index contributed by atoms with van der Waals surface area (Å²) < 4.78 is 13.3. The van der Waals surface area contributed by atoms with Gasteiger partial charge in [-0.25, -0.2) is 0 Å². The van der Waals surface area contributed by atoms with Gasteiger partial charge in [0, 0.05) is 19.4 Å². The van der Waals surface area contributed by atoms with Gasteiger partial charge in [0.15, 0.2) is 5.79 Å². The van der Waals surface area contributed by atoms with Gasteiger partial charge in [-0.2, -0.15) is 0 Å². The number of unbranched alkanes of at least 4 members (excludes halogenated alkanes) is 22. The van der Waals surface area contributed by atoms with Crippen molar-refractivity contribution in [2.75, 3.05) is 27.2 Å². The minimum absolute atomic E-state index is 0.250. The Labute approximate surface area is 362 Å². The molecule has 1 aliphatic rings. The topological polar surface area (TPSA) is 96.3 Å². The first-order valence-corrected chi connectivity index (χ1v) is 25.4. The molecule has 0 aromatic rings. The summed E-state index contributed by atoms with van der Waals surface area (Å²) in [5.74, 6) is 1.71. The minimum atomic E-state index is -0.299. The van der Waals surface area contributed by atoms with Crippen molar-refractivity contribution in [1.82, 2.24) is 4.90 Å². The van der Waals surface area contributed by atoms with Crippen molar-refractivity contribution in [3.8, 4) is 0 Å². The van der Waals surface area contributed by atoms with Crippen molar-refractivity contribution in [3.63, 3.8) is 0 Å². The molecule has 0 aromatic carbocycles. The SMILES string of the molecule is CCCCCC(CCCCC)CCCCCCCCCCC1(CCCCCCCCCCC(CCCCC)CCCCC)OCC(CCN(C)C)O1.O=CO.O=CO. The minimum Gasteiger partial charge on any atom is -0.483 e. The highest BCUT2D eigenvalue weighted by molar-refractivity contribution is 5.33. The first-order chi connectivity index (χ1) is 28.3. The van der Waals surface area contributed by atoms with Gasteiger partial charge in [0.05, 0.1) is 12.7 Å². The second-order valence-corrected chi connectivity index (χ2v) is 18.2. The predicted octanol–water partition coefficient (Wildman–Crippen LogP) is 15.8. The number of hydrogen-bond donors (Lipinski definition) is 2. The second kappa shape index (κ2) is 46.9. The maximum atomic E-state index is 8.36. The van der Waals surface area contributed by atoms with Crippen LogP contribution in [0.25, 0.3) is 0 Å². The van der Waals surface area contributed by atoms with E-state index >= 15 is 0 Å². The van der Waals surface area contributed by atoms with E-state index < -0.39 is 0 Å². The predicted molar refractivity (Wildman–Crippen MR) is 250 cm³/mol. The molecule has 0 aliphatic carbocycles. The Morgan fingerprint density at radius 1 is 0.500 bits per heavy atom. The van der Waals surface area contributed by atoms with Gasteiger partial charge in [0.25, 0.3) is 12.9 Å². The van der Waals surface area contributed by atoms with E-state index in [0.29, 0.717) is 0 Å². The summed E-state index contributed by atoms with van der Waals surface area (Å²) in [4.78, 5) is 19.0. The molecule has 1 heterocycles. The largest absolute Gasteiger partial charge is 0.483 e. The van der Waals surface area contributed by atoms with E-state index in [1.165, 1.54) is 218 Å². The normalized spacial score (nSPS) is 14.7. The van der Waals surface area contributed by atoms with Gasteiger partial charge in [0.2, 0.25) is 0 Å². The zero-order chi connectivity index (χ0) is 43.2. The zero-order valence-electron chi connectivity index (χ0n) is 39.9. The number of rotatable bonds is 41. The molecule has 0 saturated carbocycles. The van der Waals surface area contributed by atoms with Crippen LogP contribution in [0.2, 0.25) is 0 Å². The molecular weight excluding hydrogens is 723 g/mol. The maximum Gasteiger partial charge on any atom is 0.290 e. The van der Waals surface area contributed by atoms with E-state index in [0.717, 1.165) is 44.2 Å². The number of hydrogen-bond acceptors (Lipinski definition) is 5. The van der Waals surface area contributed by atoms with Crippen LogP contribution in [0.15, 0.2) is 0 Å². The van der Waals surface area contributed by atoms with E-state index in [1.807, 2.05) is 0 Å². The van der Waals surface area contributed by atoms with Gasteiger partial charge >= 0.3 is 0 Å². The maximum absolute atomic E-state index is 8.36. The molecule has 1 rings (SSSR count). The lowest BCUT2D eigenvalue weighted by molar-refractivity contribution is -0.180. The molecule has 0 spiro atoms. The lowest BCUT2D eigenvalue weighted by Crippen LogP contribution is -2.31. The molecule has 0 amide bonds. The number of carbonyl (C=O) groups is 2. The van der Waals surface area contributed by atoms with Crippen molar-refractivity contribution >= 4 is 12.9 Å². The van der Waals surface area contributed by atoms with Crippen LogP contribution in [0.3, 0.4) is 0 Å². The Balaban J connectivity index is 0. The van der Waals surface area contributed by atoms with Gasteiger partial charge in [0.1, 0.15) is 0 Å². The summed E-state index contributed by atoms with van der Waals surface area (Å²) in [6.45, 7) is 10.7. The first kappa shape index (κ1) is 58.9. The third-order valence-electron chi connectivity index (χ3n) is 12.5. The fraction of sp³-hybridized carbons (Fsp3) is 0.961. The van der Waals surface area contributed by atoms with E-state index in [1.54, 1.807) is 0 Å². The van der Waals surface area contributed by atoms with Gasteiger partial charge in [-0.05, 0) is 45.2 Å². The van der Waals surface area contributed by atoms with Gasteiger partial charge in [-0.1, -0.05) is 233 Å². The molecule has 0 bridgehead atoms. The van der Waals surface area contributed by atoms with Crippen molar-refractivity contribution in [2.45, 2.75) is 277 Å². The van der Waals surface area contributed by atoms with Crippen LogP contribution in [-0.4, -0.2) is 67.2 Å².